The summed E-state index contributed by atoms with van der Waals surface area (Å²) in [7, 11) is -3.91. The fourth-order valence-electron chi connectivity index (χ4n) is 4.45. The lowest BCUT2D eigenvalue weighted by Crippen LogP contribution is -2.38. The topological polar surface area (TPSA) is 131 Å². The molecule has 2 saturated heterocycles. The fourth-order valence-corrected chi connectivity index (χ4v) is 6.37. The number of halogens is 2. The van der Waals surface area contributed by atoms with Crippen molar-refractivity contribution in [1.29, 1.82) is 0 Å². The molecule has 35 heavy (non-hydrogen) atoms. The highest BCUT2D eigenvalue weighted by atomic mass is 35.5. The quantitative estimate of drug-likeness (QED) is 0.431. The van der Waals surface area contributed by atoms with E-state index in [9.17, 15) is 9.67 Å². The molecule has 1 aromatic carbocycles. The minimum absolute atomic E-state index is 0.123. The summed E-state index contributed by atoms with van der Waals surface area (Å²) in [5.74, 6) is -0.0543. The van der Waals surface area contributed by atoms with E-state index in [1.807, 2.05) is 6.92 Å². The minimum Gasteiger partial charge on any atom is -0.385 e. The molecule has 1 unspecified atom stereocenters. The molecule has 3 aromatic rings. The van der Waals surface area contributed by atoms with Gasteiger partial charge in [0.2, 0.25) is 0 Å². The van der Waals surface area contributed by atoms with Gasteiger partial charge in [0.1, 0.15) is 23.4 Å². The molecule has 0 radical (unpaired) electrons. The van der Waals surface area contributed by atoms with Gasteiger partial charge in [0, 0.05) is 34.1 Å². The first-order chi connectivity index (χ1) is 16.6. The number of ether oxygens (including phenoxy) is 1. The SMILES string of the molecule is C[C@@H]1[C@@H](COP2(=O)OCC[C@@H](c3ccc(Cl)cc3Cl)O2)O[C@@H](n2ccc3c(N)ncnc32)[C@]1(C)O. The van der Waals surface area contributed by atoms with Gasteiger partial charge in [-0.15, -0.1) is 0 Å². The summed E-state index contributed by atoms with van der Waals surface area (Å²) in [4.78, 5) is 8.28. The lowest BCUT2D eigenvalue weighted by Gasteiger charge is -2.30. The maximum Gasteiger partial charge on any atom is 0.475 e. The minimum atomic E-state index is -3.91. The number of aliphatic hydroxyl groups is 1. The van der Waals surface area contributed by atoms with Gasteiger partial charge in [-0.2, -0.15) is 0 Å². The first-order valence-electron chi connectivity index (χ1n) is 11.1. The van der Waals surface area contributed by atoms with E-state index in [4.69, 9.17) is 47.2 Å². The van der Waals surface area contributed by atoms with Crippen molar-refractivity contribution >= 4 is 47.9 Å². The third-order valence-electron chi connectivity index (χ3n) is 6.67. The van der Waals surface area contributed by atoms with Crippen molar-refractivity contribution in [3.8, 4) is 0 Å². The summed E-state index contributed by atoms with van der Waals surface area (Å²) in [6.07, 6.45) is 1.58. The largest absolute Gasteiger partial charge is 0.475 e. The van der Waals surface area contributed by atoms with E-state index in [2.05, 4.69) is 9.97 Å². The second-order valence-electron chi connectivity index (χ2n) is 8.89. The smallest absolute Gasteiger partial charge is 0.385 e. The Hall–Kier alpha value is -1.75. The maximum absolute atomic E-state index is 13.3. The fraction of sp³-hybridized carbons (Fsp3) is 0.455. The van der Waals surface area contributed by atoms with Gasteiger partial charge in [0.15, 0.2) is 6.23 Å². The Bertz CT molecular complexity index is 1300. The lowest BCUT2D eigenvalue weighted by molar-refractivity contribution is -0.0884. The number of hydrogen-bond acceptors (Lipinski definition) is 9. The lowest BCUT2D eigenvalue weighted by atomic mass is 9.88. The molecule has 3 N–H and O–H groups in total. The van der Waals surface area contributed by atoms with Crippen molar-refractivity contribution in [2.45, 2.75) is 44.3 Å². The monoisotopic (exact) mass is 542 g/mol. The molecule has 5 rings (SSSR count). The summed E-state index contributed by atoms with van der Waals surface area (Å²) in [5, 5.41) is 12.9. The van der Waals surface area contributed by atoms with Crippen LogP contribution < -0.4 is 5.73 Å². The number of nitrogen functional groups attached to an aromatic ring is 1. The van der Waals surface area contributed by atoms with Crippen molar-refractivity contribution in [3.05, 3.63) is 52.4 Å². The predicted molar refractivity (Wildman–Crippen MR) is 130 cm³/mol. The zero-order chi connectivity index (χ0) is 25.0. The third kappa shape index (κ3) is 4.58. The molecular weight excluding hydrogens is 518 g/mol. The van der Waals surface area contributed by atoms with Crippen LogP contribution in [-0.4, -0.2) is 44.6 Å². The number of phosphoric acid groups is 1. The third-order valence-corrected chi connectivity index (χ3v) is 8.71. The number of nitrogens with two attached hydrogens (primary N) is 1. The van der Waals surface area contributed by atoms with E-state index < -0.39 is 31.9 Å². The molecule has 13 heteroatoms. The standard InChI is InChI=1S/C22H25Cl2N4O6P/c1-12-18(33-21(22(12,2)29)28-7-5-15-19(25)26-11-27-20(15)28)10-32-35(30)31-8-6-17(34-35)14-4-3-13(23)9-16(14)24/h3-5,7,9,11-12,17-18,21,29H,6,8,10H2,1-2H3,(H2,25,26,27)/t12-,17+,18-,21-,22-,35?/m1/s1. The van der Waals surface area contributed by atoms with Crippen molar-refractivity contribution in [2.75, 3.05) is 18.9 Å². The van der Waals surface area contributed by atoms with Crippen LogP contribution in [-0.2, 0) is 22.9 Å². The zero-order valence-electron chi connectivity index (χ0n) is 19.0. The van der Waals surface area contributed by atoms with E-state index in [0.29, 0.717) is 38.9 Å². The molecule has 0 aliphatic carbocycles. The van der Waals surface area contributed by atoms with Crippen LogP contribution in [0, 0.1) is 5.92 Å². The van der Waals surface area contributed by atoms with E-state index in [1.54, 1.807) is 42.0 Å². The molecule has 0 bridgehead atoms. The number of phosphoric ester groups is 1. The Balaban J connectivity index is 1.31. The van der Waals surface area contributed by atoms with E-state index in [1.165, 1.54) is 6.33 Å². The molecule has 2 aromatic heterocycles. The predicted octanol–water partition coefficient (Wildman–Crippen LogP) is 4.91. The van der Waals surface area contributed by atoms with E-state index >= 15 is 0 Å². The number of fused-ring (bicyclic) bond motifs is 1. The number of hydrogen-bond donors (Lipinski definition) is 2. The molecule has 0 spiro atoms. The molecular formula is C22H25Cl2N4O6P. The second kappa shape index (κ2) is 9.28. The van der Waals surface area contributed by atoms with E-state index in [-0.39, 0.29) is 19.1 Å². The molecule has 6 atom stereocenters. The van der Waals surface area contributed by atoms with Crippen molar-refractivity contribution < 1.29 is 28.0 Å². The summed E-state index contributed by atoms with van der Waals surface area (Å²) in [5.41, 5.74) is 5.84. The van der Waals surface area contributed by atoms with Crippen LogP contribution in [0.4, 0.5) is 5.82 Å². The van der Waals surface area contributed by atoms with Crippen LogP contribution in [0.1, 0.15) is 38.2 Å². The Morgan fingerprint density at radius 3 is 2.91 bits per heavy atom. The summed E-state index contributed by atoms with van der Waals surface area (Å²) >= 11 is 12.3. The first-order valence-corrected chi connectivity index (χ1v) is 13.3. The number of aromatic nitrogens is 3. The zero-order valence-corrected chi connectivity index (χ0v) is 21.4. The summed E-state index contributed by atoms with van der Waals surface area (Å²) < 4.78 is 37.9. The second-order valence-corrected chi connectivity index (χ2v) is 11.4. The average Bonchev–Trinajstić information content (AvgIpc) is 3.32. The molecule has 10 nitrogen and oxygen atoms in total. The highest BCUT2D eigenvalue weighted by molar-refractivity contribution is 7.48. The van der Waals surface area contributed by atoms with Crippen molar-refractivity contribution in [2.24, 2.45) is 5.92 Å². The molecule has 4 heterocycles. The van der Waals surface area contributed by atoms with Gasteiger partial charge in [0.05, 0.1) is 30.8 Å². The average molecular weight is 543 g/mol. The molecule has 0 amide bonds. The van der Waals surface area contributed by atoms with Gasteiger partial charge < -0.3 is 20.1 Å². The molecule has 2 aliphatic heterocycles. The van der Waals surface area contributed by atoms with Crippen LogP contribution in [0.3, 0.4) is 0 Å². The van der Waals surface area contributed by atoms with Crippen LogP contribution >= 0.6 is 31.0 Å². The normalized spacial score (nSPS) is 33.4. The maximum atomic E-state index is 13.3. The first kappa shape index (κ1) is 24.9. The molecule has 0 saturated carbocycles. The summed E-state index contributed by atoms with van der Waals surface area (Å²) in [6.45, 7) is 3.55. The Labute approximate surface area is 211 Å². The molecule has 2 fully saturated rings. The highest BCUT2D eigenvalue weighted by Gasteiger charge is 2.52. The number of rotatable bonds is 5. The van der Waals surface area contributed by atoms with Gasteiger partial charge in [-0.1, -0.05) is 36.2 Å². The number of benzene rings is 1. The van der Waals surface area contributed by atoms with Gasteiger partial charge >= 0.3 is 7.82 Å². The highest BCUT2D eigenvalue weighted by Crippen LogP contribution is 2.58. The van der Waals surface area contributed by atoms with Gasteiger partial charge in [0.25, 0.3) is 0 Å². The molecule has 188 valence electrons. The van der Waals surface area contributed by atoms with Crippen LogP contribution in [0.2, 0.25) is 10.0 Å². The van der Waals surface area contributed by atoms with Crippen molar-refractivity contribution in [3.63, 3.8) is 0 Å². The van der Waals surface area contributed by atoms with Crippen molar-refractivity contribution in [1.82, 2.24) is 14.5 Å². The van der Waals surface area contributed by atoms with Gasteiger partial charge in [-0.25, -0.2) is 14.5 Å². The Morgan fingerprint density at radius 2 is 2.14 bits per heavy atom. The van der Waals surface area contributed by atoms with Crippen LogP contribution in [0.5, 0.6) is 0 Å². The molecule has 2 aliphatic rings. The Morgan fingerprint density at radius 1 is 1.34 bits per heavy atom. The van der Waals surface area contributed by atoms with Gasteiger partial charge in [-0.3, -0.25) is 13.6 Å². The summed E-state index contributed by atoms with van der Waals surface area (Å²) in [6, 6.07) is 6.78. The number of anilines is 1. The Kier molecular flexibility index (Phi) is 6.61. The van der Waals surface area contributed by atoms with E-state index in [0.717, 1.165) is 0 Å². The van der Waals surface area contributed by atoms with Crippen LogP contribution in [0.25, 0.3) is 11.0 Å². The van der Waals surface area contributed by atoms with Gasteiger partial charge in [-0.05, 0) is 25.1 Å². The van der Waals surface area contributed by atoms with Crippen LogP contribution in [0.15, 0.2) is 36.8 Å². The number of nitrogens with zero attached hydrogens (tertiary/aromatic N) is 3.